The normalized spacial score (nSPS) is 14.6. The molecule has 2 aromatic carbocycles. The van der Waals surface area contributed by atoms with Crippen LogP contribution < -0.4 is 4.90 Å². The molecule has 5 rings (SSSR count). The van der Waals surface area contributed by atoms with Gasteiger partial charge in [-0.2, -0.15) is 0 Å². The number of carbonyl (C=O) groups excluding carboxylic acids is 1. The fraction of sp³-hybridized carbons (Fsp3) is 0.200. The van der Waals surface area contributed by atoms with Gasteiger partial charge in [0.05, 0.1) is 5.25 Å². The molecule has 4 aromatic rings. The second kappa shape index (κ2) is 6.35. The van der Waals surface area contributed by atoms with Gasteiger partial charge in [0, 0.05) is 23.1 Å². The molecule has 1 aliphatic rings. The van der Waals surface area contributed by atoms with Crippen LogP contribution in [-0.4, -0.2) is 37.9 Å². The minimum atomic E-state index is -0.292. The number of aromatic amines is 1. The molecule has 1 unspecified atom stereocenters. The molecule has 27 heavy (non-hydrogen) atoms. The van der Waals surface area contributed by atoms with Crippen LogP contribution in [0.15, 0.2) is 53.7 Å². The molecule has 0 bridgehead atoms. The third-order valence-electron chi connectivity index (χ3n) is 4.89. The van der Waals surface area contributed by atoms with Crippen molar-refractivity contribution in [1.82, 2.24) is 20.2 Å². The number of anilines is 1. The van der Waals surface area contributed by atoms with Gasteiger partial charge in [0.2, 0.25) is 11.1 Å². The molecule has 7 heteroatoms. The Morgan fingerprint density at radius 1 is 1.15 bits per heavy atom. The summed E-state index contributed by atoms with van der Waals surface area (Å²) in [4.78, 5) is 22.6. The number of amides is 1. The monoisotopic (exact) mass is 375 g/mol. The van der Waals surface area contributed by atoms with Gasteiger partial charge in [-0.1, -0.05) is 48.2 Å². The summed E-state index contributed by atoms with van der Waals surface area (Å²) >= 11 is 1.34. The number of nitrogens with zero attached hydrogens (tertiary/aromatic N) is 4. The van der Waals surface area contributed by atoms with E-state index in [1.165, 1.54) is 17.3 Å². The van der Waals surface area contributed by atoms with Gasteiger partial charge >= 0.3 is 0 Å². The number of hydrogen-bond acceptors (Lipinski definition) is 5. The lowest BCUT2D eigenvalue weighted by Crippen LogP contribution is -2.35. The number of fused-ring (bicyclic) bond motifs is 4. The highest BCUT2D eigenvalue weighted by atomic mass is 32.2. The van der Waals surface area contributed by atoms with Crippen molar-refractivity contribution in [3.8, 4) is 0 Å². The van der Waals surface area contributed by atoms with Crippen LogP contribution in [0.1, 0.15) is 12.5 Å². The first-order valence-electron chi connectivity index (χ1n) is 8.88. The smallest absolute Gasteiger partial charge is 0.240 e. The average molecular weight is 375 g/mol. The zero-order valence-electron chi connectivity index (χ0n) is 14.7. The Bertz CT molecular complexity index is 1170. The van der Waals surface area contributed by atoms with E-state index >= 15 is 0 Å². The quantitative estimate of drug-likeness (QED) is 0.554. The Morgan fingerprint density at radius 3 is 2.89 bits per heavy atom. The van der Waals surface area contributed by atoms with Crippen molar-refractivity contribution in [3.05, 3.63) is 54.1 Å². The molecule has 0 spiro atoms. The average Bonchev–Trinajstić information content (AvgIpc) is 3.28. The second-order valence-electron chi connectivity index (χ2n) is 6.59. The van der Waals surface area contributed by atoms with Gasteiger partial charge in [-0.05, 0) is 31.0 Å². The van der Waals surface area contributed by atoms with E-state index in [9.17, 15) is 4.79 Å². The summed E-state index contributed by atoms with van der Waals surface area (Å²) in [5.41, 5.74) is 4.66. The highest BCUT2D eigenvalue weighted by Crippen LogP contribution is 2.31. The molecular weight excluding hydrogens is 358 g/mol. The molecule has 1 atom stereocenters. The summed E-state index contributed by atoms with van der Waals surface area (Å²) in [5.74, 6) is 0.0743. The van der Waals surface area contributed by atoms with E-state index in [2.05, 4.69) is 26.2 Å². The molecular formula is C20H17N5OS. The van der Waals surface area contributed by atoms with E-state index in [0.29, 0.717) is 10.8 Å². The Kier molecular flexibility index (Phi) is 3.82. The van der Waals surface area contributed by atoms with E-state index < -0.39 is 0 Å². The van der Waals surface area contributed by atoms with E-state index in [0.717, 1.165) is 35.1 Å². The second-order valence-corrected chi connectivity index (χ2v) is 7.90. The zero-order chi connectivity index (χ0) is 18.4. The largest absolute Gasteiger partial charge is 0.338 e. The Hall–Kier alpha value is -2.93. The number of benzene rings is 2. The van der Waals surface area contributed by atoms with E-state index in [1.54, 1.807) is 0 Å². The molecule has 134 valence electrons. The first-order chi connectivity index (χ1) is 13.2. The summed E-state index contributed by atoms with van der Waals surface area (Å²) in [6.07, 6.45) is 0.901. The number of thioether (sulfide) groups is 1. The zero-order valence-corrected chi connectivity index (χ0v) is 15.5. The molecule has 1 amide bonds. The van der Waals surface area contributed by atoms with Crippen molar-refractivity contribution in [2.45, 2.75) is 23.8 Å². The molecule has 1 N–H and O–H groups in total. The van der Waals surface area contributed by atoms with Crippen LogP contribution in [0.5, 0.6) is 0 Å². The van der Waals surface area contributed by atoms with Crippen molar-refractivity contribution < 1.29 is 4.79 Å². The van der Waals surface area contributed by atoms with Crippen LogP contribution >= 0.6 is 11.8 Å². The first kappa shape index (κ1) is 16.3. The number of H-pyrrole nitrogens is 1. The molecule has 0 aliphatic carbocycles. The Morgan fingerprint density at radius 2 is 1.96 bits per heavy atom. The number of hydrogen-bond donors (Lipinski definition) is 1. The summed E-state index contributed by atoms with van der Waals surface area (Å²) in [5, 5.41) is 9.77. The molecule has 0 radical (unpaired) electrons. The predicted molar refractivity (Wildman–Crippen MR) is 107 cm³/mol. The predicted octanol–water partition coefficient (Wildman–Crippen LogP) is 3.58. The standard InChI is InChI=1S/C20H17N5OS/c1-12(19(26)25-11-10-13-6-2-5-9-16(13)25)27-20-22-18-17(23-24-20)14-7-3-4-8-15(14)21-18/h2-9,12H,10-11H2,1H3,(H,21,22,24). The summed E-state index contributed by atoms with van der Waals surface area (Å²) in [6, 6.07) is 16.0. The molecule has 3 heterocycles. The number of rotatable bonds is 3. The van der Waals surface area contributed by atoms with Gasteiger partial charge in [-0.3, -0.25) is 4.79 Å². The number of carbonyl (C=O) groups is 1. The number of aromatic nitrogens is 4. The Balaban J connectivity index is 1.40. The maximum absolute atomic E-state index is 12.9. The summed E-state index contributed by atoms with van der Waals surface area (Å²) in [7, 11) is 0. The van der Waals surface area contributed by atoms with Crippen LogP contribution in [-0.2, 0) is 11.2 Å². The van der Waals surface area contributed by atoms with Crippen molar-refractivity contribution in [2.24, 2.45) is 0 Å². The fourth-order valence-electron chi connectivity index (χ4n) is 3.55. The lowest BCUT2D eigenvalue weighted by Gasteiger charge is -2.20. The van der Waals surface area contributed by atoms with Gasteiger partial charge in [0.25, 0.3) is 0 Å². The molecule has 6 nitrogen and oxygen atoms in total. The van der Waals surface area contributed by atoms with Gasteiger partial charge < -0.3 is 9.88 Å². The topological polar surface area (TPSA) is 74.8 Å². The minimum Gasteiger partial charge on any atom is -0.338 e. The van der Waals surface area contributed by atoms with E-state index in [-0.39, 0.29) is 11.2 Å². The van der Waals surface area contributed by atoms with Crippen molar-refractivity contribution in [2.75, 3.05) is 11.4 Å². The molecule has 0 fully saturated rings. The molecule has 0 saturated heterocycles. The minimum absolute atomic E-state index is 0.0743. The van der Waals surface area contributed by atoms with Crippen molar-refractivity contribution in [1.29, 1.82) is 0 Å². The third kappa shape index (κ3) is 2.75. The lowest BCUT2D eigenvalue weighted by atomic mass is 10.2. The fourth-order valence-corrected chi connectivity index (χ4v) is 4.33. The number of nitrogens with one attached hydrogen (secondary N) is 1. The van der Waals surface area contributed by atoms with Crippen LogP contribution in [0.2, 0.25) is 0 Å². The van der Waals surface area contributed by atoms with Crippen LogP contribution in [0.25, 0.3) is 22.1 Å². The maximum Gasteiger partial charge on any atom is 0.240 e. The van der Waals surface area contributed by atoms with Gasteiger partial charge in [0.1, 0.15) is 5.52 Å². The van der Waals surface area contributed by atoms with Crippen LogP contribution in [0.4, 0.5) is 5.69 Å². The van der Waals surface area contributed by atoms with Crippen LogP contribution in [0.3, 0.4) is 0 Å². The molecule has 2 aromatic heterocycles. The van der Waals surface area contributed by atoms with Crippen LogP contribution in [0, 0.1) is 0 Å². The summed E-state index contributed by atoms with van der Waals surface area (Å²) in [6.45, 7) is 2.62. The highest BCUT2D eigenvalue weighted by Gasteiger charge is 2.29. The summed E-state index contributed by atoms with van der Waals surface area (Å²) < 4.78 is 0. The van der Waals surface area contributed by atoms with Gasteiger partial charge in [-0.25, -0.2) is 4.98 Å². The van der Waals surface area contributed by atoms with Crippen molar-refractivity contribution in [3.63, 3.8) is 0 Å². The van der Waals surface area contributed by atoms with E-state index in [4.69, 9.17) is 0 Å². The Labute approximate surface area is 160 Å². The van der Waals surface area contributed by atoms with Gasteiger partial charge in [0.15, 0.2) is 5.65 Å². The number of para-hydroxylation sites is 2. The third-order valence-corrected chi connectivity index (χ3v) is 5.82. The highest BCUT2D eigenvalue weighted by molar-refractivity contribution is 8.00. The molecule has 0 saturated carbocycles. The van der Waals surface area contributed by atoms with Crippen molar-refractivity contribution >= 4 is 45.4 Å². The van der Waals surface area contributed by atoms with Gasteiger partial charge in [-0.15, -0.1) is 10.2 Å². The SMILES string of the molecule is CC(Sc1nnc2c(n1)[nH]c1ccccc12)C(=O)N1CCc2ccccc21. The maximum atomic E-state index is 12.9. The molecule has 1 aliphatic heterocycles. The lowest BCUT2D eigenvalue weighted by molar-refractivity contribution is -0.117. The van der Waals surface area contributed by atoms with E-state index in [1.807, 2.05) is 54.3 Å². The first-order valence-corrected chi connectivity index (χ1v) is 9.76.